The summed E-state index contributed by atoms with van der Waals surface area (Å²) in [5.74, 6) is 0.549. The first-order valence-electron chi connectivity index (χ1n) is 5.45. The molecule has 1 aromatic rings. The Labute approximate surface area is 119 Å². The molecule has 92 valence electrons. The van der Waals surface area contributed by atoms with Crippen molar-refractivity contribution in [2.24, 2.45) is 5.92 Å². The van der Waals surface area contributed by atoms with E-state index >= 15 is 0 Å². The molecular weight excluding hydrogens is 325 g/mol. The maximum Gasteiger partial charge on any atom is 0.252 e. The second kappa shape index (κ2) is 5.59. The van der Waals surface area contributed by atoms with E-state index in [1.54, 1.807) is 18.2 Å². The minimum atomic E-state index is -0.156. The van der Waals surface area contributed by atoms with Gasteiger partial charge in [0.2, 0.25) is 0 Å². The Kier molecular flexibility index (Phi) is 4.34. The predicted molar refractivity (Wildman–Crippen MR) is 74.2 cm³/mol. The van der Waals surface area contributed by atoms with Gasteiger partial charge in [0.15, 0.2) is 0 Å². The van der Waals surface area contributed by atoms with E-state index in [0.29, 0.717) is 32.9 Å². The minimum Gasteiger partial charge on any atom is -0.351 e. The van der Waals surface area contributed by atoms with Crippen molar-refractivity contribution in [1.82, 2.24) is 5.32 Å². The lowest BCUT2D eigenvalue weighted by Crippen LogP contribution is -2.30. The number of benzene rings is 1. The van der Waals surface area contributed by atoms with Crippen molar-refractivity contribution in [3.63, 3.8) is 0 Å². The first-order chi connectivity index (χ1) is 8.08. The van der Waals surface area contributed by atoms with Crippen LogP contribution in [0, 0.1) is 5.92 Å². The van der Waals surface area contributed by atoms with E-state index in [9.17, 15) is 4.79 Å². The van der Waals surface area contributed by atoms with Crippen LogP contribution in [0.3, 0.4) is 0 Å². The molecule has 1 aromatic carbocycles. The molecule has 1 fully saturated rings. The molecule has 0 saturated heterocycles. The Bertz CT molecular complexity index is 435. The van der Waals surface area contributed by atoms with Crippen molar-refractivity contribution in [3.05, 3.63) is 33.8 Å². The third-order valence-corrected chi connectivity index (χ3v) is 4.39. The summed E-state index contributed by atoms with van der Waals surface area (Å²) in [7, 11) is 0. The van der Waals surface area contributed by atoms with Crippen LogP contribution < -0.4 is 5.32 Å². The maximum absolute atomic E-state index is 11.9. The Morgan fingerprint density at radius 2 is 2.18 bits per heavy atom. The van der Waals surface area contributed by atoms with E-state index in [4.69, 9.17) is 23.2 Å². The van der Waals surface area contributed by atoms with Crippen molar-refractivity contribution in [2.75, 3.05) is 6.54 Å². The molecule has 17 heavy (non-hydrogen) atoms. The Morgan fingerprint density at radius 1 is 1.47 bits per heavy atom. The highest BCUT2D eigenvalue weighted by atomic mass is 79.9. The smallest absolute Gasteiger partial charge is 0.252 e. The van der Waals surface area contributed by atoms with Gasteiger partial charge in [0.05, 0.1) is 10.6 Å². The molecule has 0 radical (unpaired) electrons. The fraction of sp³-hybridized carbons (Fsp3) is 0.417. The normalized spacial score (nSPS) is 16.6. The van der Waals surface area contributed by atoms with Crippen LogP contribution in [0.5, 0.6) is 0 Å². The average Bonchev–Trinajstić information content (AvgIpc) is 3.09. The van der Waals surface area contributed by atoms with Crippen LogP contribution in [-0.2, 0) is 0 Å². The number of alkyl halides is 1. The Morgan fingerprint density at radius 3 is 2.76 bits per heavy atom. The highest BCUT2D eigenvalue weighted by molar-refractivity contribution is 9.09. The summed E-state index contributed by atoms with van der Waals surface area (Å²) in [5.41, 5.74) is 0.464. The molecule has 1 saturated carbocycles. The quantitative estimate of drug-likeness (QED) is 0.830. The van der Waals surface area contributed by atoms with E-state index in [2.05, 4.69) is 21.2 Å². The molecule has 0 aromatic heterocycles. The number of carbonyl (C=O) groups excluding carboxylic acids is 1. The molecule has 1 N–H and O–H groups in total. The molecule has 5 heteroatoms. The number of hydrogen-bond donors (Lipinski definition) is 1. The third kappa shape index (κ3) is 3.60. The molecule has 2 nitrogen and oxygen atoms in total. The van der Waals surface area contributed by atoms with Gasteiger partial charge in [-0.15, -0.1) is 0 Å². The Hall–Kier alpha value is -0.250. The highest BCUT2D eigenvalue weighted by Gasteiger charge is 2.29. The lowest BCUT2D eigenvalue weighted by Gasteiger charge is -2.10. The fourth-order valence-electron chi connectivity index (χ4n) is 1.58. The first-order valence-corrected chi connectivity index (χ1v) is 7.12. The summed E-state index contributed by atoms with van der Waals surface area (Å²) < 4.78 is 0. The summed E-state index contributed by atoms with van der Waals surface area (Å²) in [6.07, 6.45) is 2.49. The number of hydrogen-bond acceptors (Lipinski definition) is 1. The van der Waals surface area contributed by atoms with Gasteiger partial charge in [-0.1, -0.05) is 39.1 Å². The third-order valence-electron chi connectivity index (χ3n) is 2.77. The molecule has 1 atom stereocenters. The molecular formula is C12H12BrCl2NO. The summed E-state index contributed by atoms with van der Waals surface area (Å²) in [6, 6.07) is 4.87. The number of rotatable bonds is 4. The number of carbonyl (C=O) groups is 1. The summed E-state index contributed by atoms with van der Waals surface area (Å²) in [4.78, 5) is 12.2. The van der Waals surface area contributed by atoms with Gasteiger partial charge in [-0.25, -0.2) is 0 Å². The largest absolute Gasteiger partial charge is 0.351 e. The second-order valence-electron chi connectivity index (χ2n) is 4.19. The zero-order valence-electron chi connectivity index (χ0n) is 9.05. The van der Waals surface area contributed by atoms with E-state index in [1.165, 1.54) is 12.8 Å². The Balaban J connectivity index is 1.94. The molecule has 1 amide bonds. The van der Waals surface area contributed by atoms with Crippen LogP contribution in [0.25, 0.3) is 0 Å². The maximum atomic E-state index is 11.9. The van der Waals surface area contributed by atoms with Gasteiger partial charge >= 0.3 is 0 Å². The first kappa shape index (κ1) is 13.2. The zero-order chi connectivity index (χ0) is 12.4. The van der Waals surface area contributed by atoms with Gasteiger partial charge < -0.3 is 5.32 Å². The predicted octanol–water partition coefficient (Wildman–Crippen LogP) is 3.90. The summed E-state index contributed by atoms with van der Waals surface area (Å²) >= 11 is 15.3. The van der Waals surface area contributed by atoms with Crippen molar-refractivity contribution < 1.29 is 4.79 Å². The lowest BCUT2D eigenvalue weighted by molar-refractivity contribution is 0.0953. The van der Waals surface area contributed by atoms with Crippen molar-refractivity contribution in [3.8, 4) is 0 Å². The molecule has 1 aliphatic rings. The van der Waals surface area contributed by atoms with Crippen LogP contribution in [0.15, 0.2) is 18.2 Å². The molecule has 0 aliphatic heterocycles. The molecule has 1 aliphatic carbocycles. The number of halogens is 3. The second-order valence-corrected chi connectivity index (χ2v) is 6.21. The van der Waals surface area contributed by atoms with Crippen LogP contribution in [-0.4, -0.2) is 17.3 Å². The van der Waals surface area contributed by atoms with Crippen molar-refractivity contribution in [2.45, 2.75) is 17.7 Å². The van der Waals surface area contributed by atoms with E-state index < -0.39 is 0 Å². The fourth-order valence-corrected chi connectivity index (χ4v) is 2.77. The molecule has 1 unspecified atom stereocenters. The molecule has 0 heterocycles. The summed E-state index contributed by atoms with van der Waals surface area (Å²) in [5, 5.41) is 3.78. The van der Waals surface area contributed by atoms with Gasteiger partial charge in [-0.3, -0.25) is 4.79 Å². The SMILES string of the molecule is O=C(NCC(Br)C1CC1)c1ccc(Cl)cc1Cl. The summed E-state index contributed by atoms with van der Waals surface area (Å²) in [6.45, 7) is 0.627. The number of amides is 1. The minimum absolute atomic E-state index is 0.156. The molecule has 2 rings (SSSR count). The molecule has 0 spiro atoms. The van der Waals surface area contributed by atoms with Crippen LogP contribution in [0.2, 0.25) is 10.0 Å². The highest BCUT2D eigenvalue weighted by Crippen LogP contribution is 2.36. The van der Waals surface area contributed by atoms with Gasteiger partial charge in [-0.05, 0) is 37.0 Å². The van der Waals surface area contributed by atoms with Crippen molar-refractivity contribution >= 4 is 45.0 Å². The van der Waals surface area contributed by atoms with Crippen LogP contribution in [0.1, 0.15) is 23.2 Å². The van der Waals surface area contributed by atoms with Gasteiger partial charge in [0, 0.05) is 16.4 Å². The molecule has 0 bridgehead atoms. The van der Waals surface area contributed by atoms with Gasteiger partial charge in [-0.2, -0.15) is 0 Å². The lowest BCUT2D eigenvalue weighted by atomic mass is 10.2. The number of nitrogens with one attached hydrogen (secondary N) is 1. The monoisotopic (exact) mass is 335 g/mol. The zero-order valence-corrected chi connectivity index (χ0v) is 12.1. The van der Waals surface area contributed by atoms with Gasteiger partial charge in [0.1, 0.15) is 0 Å². The van der Waals surface area contributed by atoms with Crippen LogP contribution in [0.4, 0.5) is 0 Å². The standard InChI is InChI=1S/C12H12BrCl2NO/c13-10(7-1-2-7)6-16-12(17)9-4-3-8(14)5-11(9)15/h3-5,7,10H,1-2,6H2,(H,16,17). The van der Waals surface area contributed by atoms with E-state index in [-0.39, 0.29) is 5.91 Å². The van der Waals surface area contributed by atoms with Gasteiger partial charge in [0.25, 0.3) is 5.91 Å². The topological polar surface area (TPSA) is 29.1 Å². The van der Waals surface area contributed by atoms with Crippen LogP contribution >= 0.6 is 39.1 Å². The average molecular weight is 337 g/mol. The van der Waals surface area contributed by atoms with E-state index in [0.717, 1.165) is 0 Å². The van der Waals surface area contributed by atoms with E-state index in [1.807, 2.05) is 0 Å². The van der Waals surface area contributed by atoms with Crippen molar-refractivity contribution in [1.29, 1.82) is 0 Å².